The lowest BCUT2D eigenvalue weighted by Crippen LogP contribution is -2.47. The largest absolute Gasteiger partial charge is 0.394 e. The fourth-order valence-electron chi connectivity index (χ4n) is 4.93. The number of benzene rings is 1. The first-order valence-corrected chi connectivity index (χ1v) is 17.7. The van der Waals surface area contributed by atoms with E-state index in [2.05, 4.69) is 50.2 Å². The fourth-order valence-corrected chi connectivity index (χ4v) is 5.99. The maximum atomic E-state index is 9.20. The number of unbranched alkanes of at least 4 members (excludes halogenated alkanes) is 10. The summed E-state index contributed by atoms with van der Waals surface area (Å²) in [6, 6.07) is 13.0. The summed E-state index contributed by atoms with van der Waals surface area (Å²) in [4.78, 5) is 2.74. The van der Waals surface area contributed by atoms with Crippen molar-refractivity contribution in [2.24, 2.45) is 11.5 Å². The van der Waals surface area contributed by atoms with Gasteiger partial charge in [-0.1, -0.05) is 102 Å². The summed E-state index contributed by atoms with van der Waals surface area (Å²) in [5.74, 6) is 0. The summed E-state index contributed by atoms with van der Waals surface area (Å²) >= 11 is 1.84. The Bertz CT molecular complexity index is 922. The highest BCUT2D eigenvalue weighted by Crippen LogP contribution is 2.22. The van der Waals surface area contributed by atoms with E-state index in [4.69, 9.17) is 11.5 Å². The van der Waals surface area contributed by atoms with Gasteiger partial charge in [-0.2, -0.15) is 0 Å². The molecule has 0 aliphatic carbocycles. The van der Waals surface area contributed by atoms with E-state index in [1.807, 2.05) is 11.3 Å². The van der Waals surface area contributed by atoms with Crippen LogP contribution in [0.25, 0.3) is 0 Å². The Balaban J connectivity index is 0. The number of aliphatic hydroxyl groups is 4. The Morgan fingerprint density at radius 3 is 1.29 bits per heavy atom. The topological polar surface area (TPSA) is 133 Å². The minimum Gasteiger partial charge on any atom is -0.394 e. The van der Waals surface area contributed by atoms with Crippen molar-refractivity contribution in [1.29, 1.82) is 0 Å². The fraction of sp³-hybridized carbons (Fsp3) is 0.722. The minimum absolute atomic E-state index is 0. The summed E-state index contributed by atoms with van der Waals surface area (Å²) < 4.78 is 0. The highest BCUT2D eigenvalue weighted by atomic mass is 35.5. The predicted octanol–water partition coefficient (Wildman–Crippen LogP) is 7.31. The van der Waals surface area contributed by atoms with Gasteiger partial charge in [-0.15, -0.1) is 36.2 Å². The molecule has 1 aromatic carbocycles. The third-order valence-corrected chi connectivity index (χ3v) is 9.58. The average molecular weight is 694 g/mol. The molecular formula is C36H66Cl2N2O4S. The van der Waals surface area contributed by atoms with Gasteiger partial charge in [-0.05, 0) is 74.6 Å². The molecule has 8 N–H and O–H groups in total. The molecule has 0 unspecified atom stereocenters. The molecule has 2 rings (SSSR count). The van der Waals surface area contributed by atoms with Crippen molar-refractivity contribution in [3.05, 3.63) is 57.3 Å². The molecule has 0 spiro atoms. The van der Waals surface area contributed by atoms with Crippen LogP contribution in [0.2, 0.25) is 0 Å². The zero-order valence-electron chi connectivity index (χ0n) is 28.2. The monoisotopic (exact) mass is 692 g/mol. The van der Waals surface area contributed by atoms with E-state index >= 15 is 0 Å². The molecule has 2 aromatic rings. The summed E-state index contributed by atoms with van der Waals surface area (Å²) in [5, 5.41) is 36.8. The van der Waals surface area contributed by atoms with E-state index in [0.29, 0.717) is 12.8 Å². The minimum atomic E-state index is -0.864. The SMILES string of the molecule is CCCCCCCCc1ccc(CCC(N)(CO)CO)cc1.CCCCCCCCc1ccc(CCC(N)(CO)CO)s1.Cl.Cl. The second kappa shape index (κ2) is 28.3. The third-order valence-electron chi connectivity index (χ3n) is 8.38. The Morgan fingerprint density at radius 1 is 0.489 bits per heavy atom. The van der Waals surface area contributed by atoms with Gasteiger partial charge in [0.25, 0.3) is 0 Å². The van der Waals surface area contributed by atoms with Gasteiger partial charge in [0, 0.05) is 9.75 Å². The van der Waals surface area contributed by atoms with E-state index in [0.717, 1.165) is 19.3 Å². The second-order valence-electron chi connectivity index (χ2n) is 12.6. The zero-order chi connectivity index (χ0) is 31.8. The maximum absolute atomic E-state index is 9.20. The van der Waals surface area contributed by atoms with E-state index in [-0.39, 0.29) is 51.2 Å². The van der Waals surface area contributed by atoms with E-state index in [1.54, 1.807) is 0 Å². The van der Waals surface area contributed by atoms with E-state index < -0.39 is 11.1 Å². The summed E-state index contributed by atoms with van der Waals surface area (Å²) in [5.41, 5.74) is 12.7. The molecule has 0 amide bonds. The molecule has 0 saturated heterocycles. The molecule has 9 heteroatoms. The molecule has 264 valence electrons. The highest BCUT2D eigenvalue weighted by Gasteiger charge is 2.23. The van der Waals surface area contributed by atoms with Gasteiger partial charge in [0.1, 0.15) is 0 Å². The summed E-state index contributed by atoms with van der Waals surface area (Å²) in [7, 11) is 0. The molecular weight excluding hydrogens is 627 g/mol. The molecule has 0 radical (unpaired) electrons. The van der Waals surface area contributed by atoms with Crippen molar-refractivity contribution in [3.63, 3.8) is 0 Å². The number of aliphatic hydroxyl groups excluding tert-OH is 4. The van der Waals surface area contributed by atoms with Crippen molar-refractivity contribution in [2.45, 2.75) is 141 Å². The lowest BCUT2D eigenvalue weighted by atomic mass is 9.93. The molecule has 1 heterocycles. The van der Waals surface area contributed by atoms with Gasteiger partial charge >= 0.3 is 0 Å². The van der Waals surface area contributed by atoms with Crippen LogP contribution in [0.5, 0.6) is 0 Å². The molecule has 45 heavy (non-hydrogen) atoms. The zero-order valence-corrected chi connectivity index (χ0v) is 30.6. The van der Waals surface area contributed by atoms with Gasteiger partial charge in [-0.3, -0.25) is 0 Å². The Hall–Kier alpha value is -0.740. The Kier molecular flexibility index (Phi) is 29.2. The van der Waals surface area contributed by atoms with Gasteiger partial charge in [-0.25, -0.2) is 0 Å². The van der Waals surface area contributed by atoms with Crippen molar-refractivity contribution < 1.29 is 20.4 Å². The first-order valence-electron chi connectivity index (χ1n) is 16.9. The number of hydrogen-bond donors (Lipinski definition) is 6. The molecule has 0 bridgehead atoms. The number of thiophene rings is 1. The van der Waals surface area contributed by atoms with Crippen LogP contribution in [0.3, 0.4) is 0 Å². The molecule has 0 atom stereocenters. The molecule has 0 saturated carbocycles. The van der Waals surface area contributed by atoms with Crippen LogP contribution in [0, 0.1) is 0 Å². The summed E-state index contributed by atoms with van der Waals surface area (Å²) in [6.45, 7) is 3.80. The predicted molar refractivity (Wildman–Crippen MR) is 198 cm³/mol. The van der Waals surface area contributed by atoms with Crippen molar-refractivity contribution >= 4 is 36.2 Å². The van der Waals surface area contributed by atoms with E-state index in [1.165, 1.54) is 104 Å². The van der Waals surface area contributed by atoms with Gasteiger partial charge in [0.05, 0.1) is 37.5 Å². The van der Waals surface area contributed by atoms with Crippen LogP contribution in [-0.2, 0) is 25.7 Å². The number of aryl methyl sites for hydroxylation is 4. The van der Waals surface area contributed by atoms with Crippen molar-refractivity contribution in [2.75, 3.05) is 26.4 Å². The quantitative estimate of drug-likeness (QED) is 0.0639. The number of rotatable bonds is 24. The molecule has 0 aliphatic heterocycles. The summed E-state index contributed by atoms with van der Waals surface area (Å²) in [6.07, 6.45) is 21.1. The van der Waals surface area contributed by atoms with Crippen LogP contribution in [0.1, 0.15) is 125 Å². The standard InChI is InChI=1S/C19H33NO2.C17H31NO2S.2ClH/c1-2-3-4-5-6-7-8-17-9-11-18(12-10-17)13-14-19(20,15-21)16-22;1-2-3-4-5-6-7-8-15-9-10-16(21-15)11-12-17(18,13-19)14-20;;/h9-12,21-22H,2-8,13-16,20H2,1H3;9-10,19-20H,2-8,11-14,18H2,1H3;2*1H. The van der Waals surface area contributed by atoms with Crippen LogP contribution in [-0.4, -0.2) is 57.9 Å². The lowest BCUT2D eigenvalue weighted by Gasteiger charge is -2.24. The Labute approximate surface area is 291 Å². The van der Waals surface area contributed by atoms with Crippen molar-refractivity contribution in [1.82, 2.24) is 0 Å². The molecule has 1 aromatic heterocycles. The first kappa shape index (κ1) is 46.4. The number of hydrogen-bond acceptors (Lipinski definition) is 7. The molecule has 0 aliphatic rings. The van der Waals surface area contributed by atoms with Gasteiger partial charge in [0.15, 0.2) is 0 Å². The second-order valence-corrected chi connectivity index (χ2v) is 13.8. The van der Waals surface area contributed by atoms with Crippen LogP contribution in [0.4, 0.5) is 0 Å². The smallest absolute Gasteiger partial charge is 0.0633 e. The normalized spacial score (nSPS) is 11.4. The highest BCUT2D eigenvalue weighted by molar-refractivity contribution is 7.11. The number of halogens is 2. The van der Waals surface area contributed by atoms with Crippen LogP contribution >= 0.6 is 36.2 Å². The van der Waals surface area contributed by atoms with Crippen LogP contribution in [0.15, 0.2) is 36.4 Å². The molecule has 6 nitrogen and oxygen atoms in total. The van der Waals surface area contributed by atoms with Gasteiger partial charge < -0.3 is 31.9 Å². The van der Waals surface area contributed by atoms with E-state index in [9.17, 15) is 20.4 Å². The maximum Gasteiger partial charge on any atom is 0.0633 e. The van der Waals surface area contributed by atoms with Gasteiger partial charge in [0.2, 0.25) is 0 Å². The van der Waals surface area contributed by atoms with Crippen LogP contribution < -0.4 is 11.5 Å². The number of nitrogens with two attached hydrogens (primary N) is 2. The average Bonchev–Trinajstić information content (AvgIpc) is 3.50. The Morgan fingerprint density at radius 2 is 0.844 bits per heavy atom. The first-order chi connectivity index (χ1) is 20.8. The van der Waals surface area contributed by atoms with Crippen molar-refractivity contribution in [3.8, 4) is 0 Å². The molecule has 0 fully saturated rings. The third kappa shape index (κ3) is 21.7. The lowest BCUT2D eigenvalue weighted by molar-refractivity contribution is 0.114.